The number of para-hydroxylation sites is 1. The van der Waals surface area contributed by atoms with E-state index in [1.165, 1.54) is 5.56 Å². The molecular weight excluding hydrogens is 328 g/mol. The molecule has 5 heteroatoms. The molecule has 2 atom stereocenters. The minimum atomic E-state index is -0.234. The molecule has 2 N–H and O–H groups in total. The Morgan fingerprint density at radius 1 is 0.962 bits per heavy atom. The molecule has 5 nitrogen and oxygen atoms in total. The van der Waals surface area contributed by atoms with Gasteiger partial charge in [0.05, 0.1) is 18.9 Å². The SMILES string of the molecule is COc1ccccc1CNC(=O)C1CC1C(=O)NCc1ccc(C)cc1. The molecule has 0 aromatic heterocycles. The number of rotatable bonds is 7. The van der Waals surface area contributed by atoms with Crippen LogP contribution in [0.5, 0.6) is 5.75 Å². The molecule has 1 fully saturated rings. The van der Waals surface area contributed by atoms with Gasteiger partial charge in [-0.3, -0.25) is 9.59 Å². The van der Waals surface area contributed by atoms with E-state index >= 15 is 0 Å². The molecule has 0 saturated heterocycles. The summed E-state index contributed by atoms with van der Waals surface area (Å²) in [5.41, 5.74) is 3.17. The van der Waals surface area contributed by atoms with Crippen LogP contribution >= 0.6 is 0 Å². The van der Waals surface area contributed by atoms with Crippen molar-refractivity contribution in [3.8, 4) is 5.75 Å². The van der Waals surface area contributed by atoms with Crippen molar-refractivity contribution in [3.63, 3.8) is 0 Å². The van der Waals surface area contributed by atoms with Crippen LogP contribution in [0.3, 0.4) is 0 Å². The van der Waals surface area contributed by atoms with E-state index in [0.717, 1.165) is 16.9 Å². The van der Waals surface area contributed by atoms with E-state index in [4.69, 9.17) is 4.74 Å². The molecule has 26 heavy (non-hydrogen) atoms. The fourth-order valence-corrected chi connectivity index (χ4v) is 2.96. The highest BCUT2D eigenvalue weighted by molar-refractivity contribution is 5.92. The van der Waals surface area contributed by atoms with Gasteiger partial charge in [0.1, 0.15) is 5.75 Å². The number of hydrogen-bond donors (Lipinski definition) is 2. The fourth-order valence-electron chi connectivity index (χ4n) is 2.96. The normalized spacial score (nSPS) is 18.1. The van der Waals surface area contributed by atoms with Crippen molar-refractivity contribution in [1.82, 2.24) is 10.6 Å². The predicted molar refractivity (Wildman–Crippen MR) is 99.5 cm³/mol. The van der Waals surface area contributed by atoms with Gasteiger partial charge in [-0.2, -0.15) is 0 Å². The van der Waals surface area contributed by atoms with Crippen LogP contribution in [0, 0.1) is 18.8 Å². The predicted octanol–water partition coefficient (Wildman–Crippen LogP) is 2.57. The first-order chi connectivity index (χ1) is 12.6. The summed E-state index contributed by atoms with van der Waals surface area (Å²) in [4.78, 5) is 24.5. The highest BCUT2D eigenvalue weighted by atomic mass is 16.5. The molecule has 2 aromatic carbocycles. The van der Waals surface area contributed by atoms with Crippen LogP contribution in [0.1, 0.15) is 23.1 Å². The van der Waals surface area contributed by atoms with Gasteiger partial charge in [-0.25, -0.2) is 0 Å². The first-order valence-corrected chi connectivity index (χ1v) is 8.81. The Labute approximate surface area is 153 Å². The first-order valence-electron chi connectivity index (χ1n) is 8.81. The lowest BCUT2D eigenvalue weighted by molar-refractivity contribution is -0.127. The molecule has 2 aromatic rings. The summed E-state index contributed by atoms with van der Waals surface area (Å²) in [7, 11) is 1.61. The van der Waals surface area contributed by atoms with Crippen LogP contribution in [0.2, 0.25) is 0 Å². The zero-order valence-corrected chi connectivity index (χ0v) is 15.1. The summed E-state index contributed by atoms with van der Waals surface area (Å²) in [6.45, 7) is 2.92. The van der Waals surface area contributed by atoms with Crippen molar-refractivity contribution in [2.75, 3.05) is 7.11 Å². The van der Waals surface area contributed by atoms with E-state index in [1.54, 1.807) is 7.11 Å². The van der Waals surface area contributed by atoms with Gasteiger partial charge in [0.25, 0.3) is 0 Å². The van der Waals surface area contributed by atoms with Crippen LogP contribution in [-0.4, -0.2) is 18.9 Å². The summed E-state index contributed by atoms with van der Waals surface area (Å²) < 4.78 is 5.28. The number of benzene rings is 2. The molecule has 1 saturated carbocycles. The Morgan fingerprint density at radius 2 is 1.58 bits per heavy atom. The number of aryl methyl sites for hydroxylation is 1. The van der Waals surface area contributed by atoms with Crippen molar-refractivity contribution < 1.29 is 14.3 Å². The van der Waals surface area contributed by atoms with Crippen LogP contribution in [0.15, 0.2) is 48.5 Å². The van der Waals surface area contributed by atoms with E-state index in [1.807, 2.05) is 55.5 Å². The molecule has 0 radical (unpaired) electrons. The number of hydrogen-bond acceptors (Lipinski definition) is 3. The second-order valence-electron chi connectivity index (χ2n) is 6.68. The zero-order chi connectivity index (χ0) is 18.5. The quantitative estimate of drug-likeness (QED) is 0.805. The second kappa shape index (κ2) is 8.04. The Kier molecular flexibility index (Phi) is 5.56. The molecule has 1 aliphatic rings. The molecule has 1 aliphatic carbocycles. The molecule has 0 bridgehead atoms. The van der Waals surface area contributed by atoms with Crippen molar-refractivity contribution in [1.29, 1.82) is 0 Å². The zero-order valence-electron chi connectivity index (χ0n) is 15.1. The average molecular weight is 352 g/mol. The van der Waals surface area contributed by atoms with Crippen LogP contribution in [-0.2, 0) is 22.7 Å². The molecule has 3 rings (SSSR count). The molecule has 2 unspecified atom stereocenters. The molecular formula is C21H24N2O3. The third kappa shape index (κ3) is 4.42. The summed E-state index contributed by atoms with van der Waals surface area (Å²) in [5, 5.41) is 5.82. The highest BCUT2D eigenvalue weighted by Crippen LogP contribution is 2.39. The summed E-state index contributed by atoms with van der Waals surface area (Å²) >= 11 is 0. The minimum Gasteiger partial charge on any atom is -0.496 e. The number of carbonyl (C=O) groups excluding carboxylic acids is 2. The lowest BCUT2D eigenvalue weighted by Gasteiger charge is -2.09. The lowest BCUT2D eigenvalue weighted by Crippen LogP contribution is -2.29. The second-order valence-corrected chi connectivity index (χ2v) is 6.68. The molecule has 136 valence electrons. The Balaban J connectivity index is 1.44. The highest BCUT2D eigenvalue weighted by Gasteiger charge is 2.47. The van der Waals surface area contributed by atoms with E-state index in [-0.39, 0.29) is 23.7 Å². The maximum Gasteiger partial charge on any atom is 0.224 e. The van der Waals surface area contributed by atoms with Crippen LogP contribution in [0.4, 0.5) is 0 Å². The number of carbonyl (C=O) groups is 2. The van der Waals surface area contributed by atoms with Crippen LogP contribution in [0.25, 0.3) is 0 Å². The smallest absolute Gasteiger partial charge is 0.224 e. The largest absolute Gasteiger partial charge is 0.496 e. The summed E-state index contributed by atoms with van der Waals surface area (Å²) in [5.74, 6) is 0.159. The van der Waals surface area contributed by atoms with Crippen molar-refractivity contribution >= 4 is 11.8 Å². The lowest BCUT2D eigenvalue weighted by atomic mass is 10.1. The van der Waals surface area contributed by atoms with E-state index < -0.39 is 0 Å². The fraction of sp³-hybridized carbons (Fsp3) is 0.333. The number of ether oxygens (including phenoxy) is 1. The van der Waals surface area contributed by atoms with Gasteiger partial charge in [0.15, 0.2) is 0 Å². The maximum atomic E-state index is 12.3. The third-order valence-electron chi connectivity index (χ3n) is 4.70. The third-order valence-corrected chi connectivity index (χ3v) is 4.70. The van der Waals surface area contributed by atoms with Gasteiger partial charge < -0.3 is 15.4 Å². The number of methoxy groups -OCH3 is 1. The Morgan fingerprint density at radius 3 is 2.23 bits per heavy atom. The maximum absolute atomic E-state index is 12.3. The standard InChI is InChI=1S/C21H24N2O3/c1-14-7-9-15(10-8-14)12-22-20(24)17-11-18(17)21(25)23-13-16-5-3-4-6-19(16)26-2/h3-10,17-18H,11-13H2,1-2H3,(H,22,24)(H,23,25). The average Bonchev–Trinajstić information content (AvgIpc) is 3.46. The van der Waals surface area contributed by atoms with E-state index in [0.29, 0.717) is 19.5 Å². The Bertz CT molecular complexity index is 786. The summed E-state index contributed by atoms with van der Waals surface area (Å²) in [6.07, 6.45) is 0.609. The van der Waals surface area contributed by atoms with Gasteiger partial charge in [-0.05, 0) is 25.0 Å². The van der Waals surface area contributed by atoms with Crippen molar-refractivity contribution in [2.45, 2.75) is 26.4 Å². The molecule has 0 heterocycles. The van der Waals surface area contributed by atoms with Gasteiger partial charge in [-0.15, -0.1) is 0 Å². The van der Waals surface area contributed by atoms with Crippen molar-refractivity contribution in [2.24, 2.45) is 11.8 Å². The van der Waals surface area contributed by atoms with Gasteiger partial charge in [0, 0.05) is 18.7 Å². The Hall–Kier alpha value is -2.82. The van der Waals surface area contributed by atoms with Gasteiger partial charge in [0.2, 0.25) is 11.8 Å². The number of amides is 2. The molecule has 0 spiro atoms. The van der Waals surface area contributed by atoms with E-state index in [9.17, 15) is 9.59 Å². The number of nitrogens with one attached hydrogen (secondary N) is 2. The minimum absolute atomic E-state index is 0.0528. The van der Waals surface area contributed by atoms with Gasteiger partial charge >= 0.3 is 0 Å². The van der Waals surface area contributed by atoms with Crippen LogP contribution < -0.4 is 15.4 Å². The first kappa shape index (κ1) is 18.0. The van der Waals surface area contributed by atoms with Crippen molar-refractivity contribution in [3.05, 3.63) is 65.2 Å². The van der Waals surface area contributed by atoms with Gasteiger partial charge in [-0.1, -0.05) is 48.0 Å². The topological polar surface area (TPSA) is 67.4 Å². The molecule has 2 amide bonds. The molecule has 0 aliphatic heterocycles. The van der Waals surface area contributed by atoms with E-state index in [2.05, 4.69) is 10.6 Å². The monoisotopic (exact) mass is 352 g/mol. The summed E-state index contributed by atoms with van der Waals surface area (Å²) in [6, 6.07) is 15.6.